The number of carbonyl (C=O) groups excluding carboxylic acids is 1. The van der Waals surface area contributed by atoms with Gasteiger partial charge in [0.05, 0.1) is 18.8 Å². The Labute approximate surface area is 168 Å². The summed E-state index contributed by atoms with van der Waals surface area (Å²) in [6.45, 7) is 3.81. The molecule has 2 aromatic carbocycles. The number of fused-ring (bicyclic) bond motifs is 2. The largest absolute Gasteiger partial charge is 0.373 e. The Morgan fingerprint density at radius 1 is 1.14 bits per heavy atom. The second-order valence-corrected chi connectivity index (χ2v) is 7.99. The minimum absolute atomic E-state index is 0.0185. The van der Waals surface area contributed by atoms with E-state index in [0.717, 1.165) is 24.0 Å². The van der Waals surface area contributed by atoms with Gasteiger partial charge in [-0.3, -0.25) is 9.69 Å². The van der Waals surface area contributed by atoms with Crippen LogP contribution in [-0.4, -0.2) is 59.1 Å². The van der Waals surface area contributed by atoms with Crippen LogP contribution in [0.15, 0.2) is 54.6 Å². The first-order valence-corrected chi connectivity index (χ1v) is 10.0. The number of amides is 1. The van der Waals surface area contributed by atoms with Crippen molar-refractivity contribution >= 4 is 28.4 Å². The summed E-state index contributed by atoms with van der Waals surface area (Å²) in [5.74, 6) is 0.0185. The van der Waals surface area contributed by atoms with Gasteiger partial charge in [-0.05, 0) is 23.8 Å². The number of likely N-dealkylation sites (tertiary alicyclic amines) is 1. The summed E-state index contributed by atoms with van der Waals surface area (Å²) in [5.41, 5.74) is 2.78. The zero-order chi connectivity index (χ0) is 19.1. The number of rotatable bonds is 3. The molecule has 144 valence electrons. The van der Waals surface area contributed by atoms with E-state index in [-0.39, 0.29) is 18.1 Å². The van der Waals surface area contributed by atoms with Gasteiger partial charge >= 0.3 is 0 Å². The molecule has 0 aliphatic carbocycles. The molecule has 1 N–H and O–H groups in total. The summed E-state index contributed by atoms with van der Waals surface area (Å²) < 4.78 is 6.00. The van der Waals surface area contributed by atoms with Crippen molar-refractivity contribution in [1.82, 2.24) is 14.8 Å². The maximum atomic E-state index is 13.1. The minimum Gasteiger partial charge on any atom is -0.373 e. The van der Waals surface area contributed by atoms with Gasteiger partial charge in [0, 0.05) is 42.1 Å². The molecule has 0 spiro atoms. The van der Waals surface area contributed by atoms with Crippen LogP contribution in [0.25, 0.3) is 10.9 Å². The third-order valence-corrected chi connectivity index (χ3v) is 5.98. The first kappa shape index (κ1) is 17.7. The van der Waals surface area contributed by atoms with Gasteiger partial charge in [-0.15, -0.1) is 0 Å². The monoisotopic (exact) mass is 395 g/mol. The number of nitrogens with one attached hydrogen (secondary N) is 1. The molecule has 2 aliphatic heterocycles. The summed E-state index contributed by atoms with van der Waals surface area (Å²) in [6.07, 6.45) is 0.0697. The summed E-state index contributed by atoms with van der Waals surface area (Å²) in [7, 11) is 0. The topological polar surface area (TPSA) is 48.6 Å². The zero-order valence-electron chi connectivity index (χ0n) is 15.5. The van der Waals surface area contributed by atoms with Gasteiger partial charge in [-0.1, -0.05) is 48.0 Å². The smallest absolute Gasteiger partial charge is 0.270 e. The molecule has 2 saturated heterocycles. The number of benzene rings is 2. The number of aromatic nitrogens is 1. The lowest BCUT2D eigenvalue weighted by atomic mass is 10.1. The summed E-state index contributed by atoms with van der Waals surface area (Å²) >= 11 is 6.06. The lowest BCUT2D eigenvalue weighted by Gasteiger charge is -2.36. The molecule has 0 saturated carbocycles. The van der Waals surface area contributed by atoms with E-state index < -0.39 is 0 Å². The molecule has 6 heteroatoms. The number of morpholine rings is 1. The molecule has 5 rings (SSSR count). The number of halogens is 1. The fraction of sp³-hybridized carbons (Fsp3) is 0.318. The second-order valence-electron chi connectivity index (χ2n) is 7.56. The molecule has 3 heterocycles. The number of aromatic amines is 1. The van der Waals surface area contributed by atoms with Gasteiger partial charge in [0.25, 0.3) is 5.91 Å². The van der Waals surface area contributed by atoms with Gasteiger partial charge in [-0.25, -0.2) is 0 Å². The number of hydrogen-bond donors (Lipinski definition) is 1. The van der Waals surface area contributed by atoms with E-state index >= 15 is 0 Å². The molecular weight excluding hydrogens is 374 g/mol. The van der Waals surface area contributed by atoms with Crippen LogP contribution >= 0.6 is 11.6 Å². The first-order chi connectivity index (χ1) is 13.7. The predicted octanol–water partition coefficient (Wildman–Crippen LogP) is 3.55. The number of ether oxygens (including phenoxy) is 1. The summed E-state index contributed by atoms with van der Waals surface area (Å²) in [6, 6.07) is 18.2. The highest BCUT2D eigenvalue weighted by atomic mass is 35.5. The van der Waals surface area contributed by atoms with Gasteiger partial charge in [0.15, 0.2) is 0 Å². The van der Waals surface area contributed by atoms with Crippen LogP contribution in [0.5, 0.6) is 0 Å². The first-order valence-electron chi connectivity index (χ1n) is 9.64. The van der Waals surface area contributed by atoms with Gasteiger partial charge in [0.1, 0.15) is 5.69 Å². The fourth-order valence-corrected chi connectivity index (χ4v) is 4.50. The van der Waals surface area contributed by atoms with E-state index in [4.69, 9.17) is 16.3 Å². The molecular formula is C22H22ClN3O2. The molecule has 1 amide bonds. The normalized spacial score (nSPS) is 22.5. The highest BCUT2D eigenvalue weighted by Crippen LogP contribution is 2.27. The zero-order valence-corrected chi connectivity index (χ0v) is 16.2. The van der Waals surface area contributed by atoms with E-state index in [9.17, 15) is 4.79 Å². The molecule has 28 heavy (non-hydrogen) atoms. The van der Waals surface area contributed by atoms with Crippen molar-refractivity contribution in [2.45, 2.75) is 18.7 Å². The van der Waals surface area contributed by atoms with Crippen LogP contribution in [-0.2, 0) is 11.3 Å². The van der Waals surface area contributed by atoms with E-state index in [1.807, 2.05) is 35.2 Å². The third-order valence-electron chi connectivity index (χ3n) is 5.75. The second kappa shape index (κ2) is 7.24. The van der Waals surface area contributed by atoms with E-state index in [1.165, 1.54) is 5.56 Å². The number of hydrogen-bond acceptors (Lipinski definition) is 3. The Morgan fingerprint density at radius 3 is 2.86 bits per heavy atom. The van der Waals surface area contributed by atoms with Gasteiger partial charge in [0.2, 0.25) is 0 Å². The summed E-state index contributed by atoms with van der Waals surface area (Å²) in [5, 5.41) is 1.65. The lowest BCUT2D eigenvalue weighted by Crippen LogP contribution is -2.50. The lowest BCUT2D eigenvalue weighted by molar-refractivity contribution is -0.0503. The van der Waals surface area contributed by atoms with E-state index in [1.54, 1.807) is 0 Å². The van der Waals surface area contributed by atoms with Crippen LogP contribution in [0.1, 0.15) is 16.1 Å². The third kappa shape index (κ3) is 3.30. The van der Waals surface area contributed by atoms with Crippen molar-refractivity contribution in [2.24, 2.45) is 0 Å². The van der Waals surface area contributed by atoms with E-state index in [2.05, 4.69) is 34.1 Å². The van der Waals surface area contributed by atoms with Crippen LogP contribution in [0.3, 0.4) is 0 Å². The van der Waals surface area contributed by atoms with Crippen LogP contribution in [0.4, 0.5) is 0 Å². The molecule has 2 aliphatic rings. The van der Waals surface area contributed by atoms with Crippen molar-refractivity contribution in [3.05, 3.63) is 70.9 Å². The average Bonchev–Trinajstić information content (AvgIpc) is 3.32. The number of H-pyrrole nitrogens is 1. The van der Waals surface area contributed by atoms with Crippen LogP contribution in [0, 0.1) is 0 Å². The highest BCUT2D eigenvalue weighted by molar-refractivity contribution is 6.31. The molecule has 0 bridgehead atoms. The van der Waals surface area contributed by atoms with Crippen LogP contribution in [0.2, 0.25) is 5.02 Å². The van der Waals surface area contributed by atoms with Gasteiger partial charge in [-0.2, -0.15) is 0 Å². The highest BCUT2D eigenvalue weighted by Gasteiger charge is 2.42. The Morgan fingerprint density at radius 2 is 2.00 bits per heavy atom. The molecule has 3 aromatic rings. The fourth-order valence-electron chi connectivity index (χ4n) is 4.32. The SMILES string of the molecule is O=C(c1cc2ccc(Cl)cc2[nH]1)N1C[C@H]2OCCN(Cc3ccccc3)[C@H]2C1. The Kier molecular flexibility index (Phi) is 4.59. The molecule has 1 aromatic heterocycles. The van der Waals surface area contributed by atoms with Crippen LogP contribution < -0.4 is 0 Å². The van der Waals surface area contributed by atoms with Gasteiger partial charge < -0.3 is 14.6 Å². The molecule has 5 nitrogen and oxygen atoms in total. The Balaban J connectivity index is 1.33. The maximum absolute atomic E-state index is 13.1. The standard InChI is InChI=1S/C22H22ClN3O2/c23-17-7-6-16-10-19(24-18(16)11-17)22(27)26-13-20-21(14-26)28-9-8-25(20)12-15-4-2-1-3-5-15/h1-7,10-11,20-21,24H,8-9,12-14H2/t20-,21+/m0/s1. The van der Waals surface area contributed by atoms with Crippen molar-refractivity contribution in [3.63, 3.8) is 0 Å². The minimum atomic E-state index is 0.0185. The Hall–Kier alpha value is -2.34. The Bertz CT molecular complexity index is 1000. The van der Waals surface area contributed by atoms with E-state index in [0.29, 0.717) is 30.4 Å². The predicted molar refractivity (Wildman–Crippen MR) is 110 cm³/mol. The van der Waals surface area contributed by atoms with Crippen molar-refractivity contribution < 1.29 is 9.53 Å². The maximum Gasteiger partial charge on any atom is 0.270 e. The number of carbonyl (C=O) groups is 1. The molecule has 2 atom stereocenters. The number of nitrogens with zero attached hydrogens (tertiary/aromatic N) is 2. The van der Waals surface area contributed by atoms with Crippen molar-refractivity contribution in [2.75, 3.05) is 26.2 Å². The molecule has 0 radical (unpaired) electrons. The molecule has 0 unspecified atom stereocenters. The van der Waals surface area contributed by atoms with Crippen molar-refractivity contribution in [3.8, 4) is 0 Å². The van der Waals surface area contributed by atoms with Crippen molar-refractivity contribution in [1.29, 1.82) is 0 Å². The summed E-state index contributed by atoms with van der Waals surface area (Å²) in [4.78, 5) is 20.7. The molecule has 2 fully saturated rings. The quantitative estimate of drug-likeness (QED) is 0.737. The average molecular weight is 396 g/mol.